The number of ether oxygens (including phenoxy) is 2. The molecule has 26 heavy (non-hydrogen) atoms. The molecule has 3 rings (SSSR count). The van der Waals surface area contributed by atoms with Crippen LogP contribution in [0, 0.1) is 5.82 Å². The van der Waals surface area contributed by atoms with Gasteiger partial charge in [-0.1, -0.05) is 41.6 Å². The van der Waals surface area contributed by atoms with E-state index in [2.05, 4.69) is 5.16 Å². The van der Waals surface area contributed by atoms with Gasteiger partial charge < -0.3 is 14.0 Å². The van der Waals surface area contributed by atoms with Crippen LogP contribution in [-0.2, 0) is 14.3 Å². The van der Waals surface area contributed by atoms with E-state index in [9.17, 15) is 9.18 Å². The molecule has 0 saturated heterocycles. The van der Waals surface area contributed by atoms with Crippen molar-refractivity contribution >= 4 is 11.5 Å². The molecule has 0 bridgehead atoms. The summed E-state index contributed by atoms with van der Waals surface area (Å²) in [4.78, 5) is 12.1. The topological polar surface area (TPSA) is 61.6 Å². The molecule has 0 aliphatic heterocycles. The highest BCUT2D eigenvalue weighted by Gasteiger charge is 2.20. The van der Waals surface area contributed by atoms with Gasteiger partial charge in [0.2, 0.25) is 0 Å². The molecular weight excluding hydrogens is 337 g/mol. The van der Waals surface area contributed by atoms with Crippen LogP contribution in [0.3, 0.4) is 0 Å². The molecule has 0 unspecified atom stereocenters. The van der Waals surface area contributed by atoms with Crippen LogP contribution in [0.25, 0.3) is 28.2 Å². The Morgan fingerprint density at radius 3 is 2.46 bits per heavy atom. The highest BCUT2D eigenvalue weighted by Crippen LogP contribution is 2.32. The Bertz CT molecular complexity index is 962. The number of carbonyl (C=O) groups excluding carboxylic acids is 1. The molecule has 6 heteroatoms. The molecule has 0 aliphatic rings. The van der Waals surface area contributed by atoms with Crippen molar-refractivity contribution in [3.63, 3.8) is 0 Å². The van der Waals surface area contributed by atoms with E-state index in [1.54, 1.807) is 48.5 Å². The standard InChI is InChI=1S/C20H16FNO4/c1-24-12-16(20(23)25-2)13-7-3-4-8-14(13)18-11-19(26-22-18)15-9-5-6-10-17(15)21/h3-12H,1-2H3. The van der Waals surface area contributed by atoms with E-state index >= 15 is 0 Å². The minimum atomic E-state index is -0.544. The van der Waals surface area contributed by atoms with Gasteiger partial charge >= 0.3 is 5.97 Å². The summed E-state index contributed by atoms with van der Waals surface area (Å²) < 4.78 is 29.1. The van der Waals surface area contributed by atoms with Crippen LogP contribution in [0.4, 0.5) is 4.39 Å². The molecular formula is C20H16FNO4. The van der Waals surface area contributed by atoms with Crippen molar-refractivity contribution < 1.29 is 23.2 Å². The highest BCUT2D eigenvalue weighted by molar-refractivity contribution is 6.17. The van der Waals surface area contributed by atoms with E-state index in [1.165, 1.54) is 26.5 Å². The summed E-state index contributed by atoms with van der Waals surface area (Å²) in [5.74, 6) is -0.654. The summed E-state index contributed by atoms with van der Waals surface area (Å²) in [6, 6.07) is 15.0. The maximum Gasteiger partial charge on any atom is 0.341 e. The summed E-state index contributed by atoms with van der Waals surface area (Å²) in [5.41, 5.74) is 2.21. The Morgan fingerprint density at radius 1 is 1.08 bits per heavy atom. The number of rotatable bonds is 5. The molecule has 0 N–H and O–H groups in total. The van der Waals surface area contributed by atoms with Crippen molar-refractivity contribution in [1.82, 2.24) is 5.16 Å². The third-order valence-corrected chi connectivity index (χ3v) is 3.78. The van der Waals surface area contributed by atoms with E-state index < -0.39 is 11.8 Å². The molecule has 1 aromatic heterocycles. The molecule has 0 aliphatic carbocycles. The first-order valence-corrected chi connectivity index (χ1v) is 7.78. The Labute approximate surface area is 149 Å². The molecule has 0 atom stereocenters. The lowest BCUT2D eigenvalue weighted by atomic mass is 9.98. The fraction of sp³-hybridized carbons (Fsp3) is 0.100. The van der Waals surface area contributed by atoms with Crippen molar-refractivity contribution in [3.05, 3.63) is 72.2 Å². The zero-order chi connectivity index (χ0) is 18.5. The first-order chi connectivity index (χ1) is 12.7. The minimum absolute atomic E-state index is 0.237. The largest absolute Gasteiger partial charge is 0.503 e. The van der Waals surface area contributed by atoms with E-state index in [4.69, 9.17) is 14.0 Å². The van der Waals surface area contributed by atoms with Crippen molar-refractivity contribution in [3.8, 4) is 22.6 Å². The van der Waals surface area contributed by atoms with Gasteiger partial charge in [-0.15, -0.1) is 0 Å². The van der Waals surface area contributed by atoms with Crippen LogP contribution in [0.2, 0.25) is 0 Å². The van der Waals surface area contributed by atoms with Crippen LogP contribution in [0.15, 0.2) is 65.4 Å². The first kappa shape index (κ1) is 17.4. The molecule has 3 aromatic rings. The molecule has 0 spiro atoms. The molecule has 1 heterocycles. The molecule has 2 aromatic carbocycles. The summed E-state index contributed by atoms with van der Waals surface area (Å²) in [6.45, 7) is 0. The number of esters is 1. The highest BCUT2D eigenvalue weighted by atomic mass is 19.1. The maximum atomic E-state index is 14.0. The first-order valence-electron chi connectivity index (χ1n) is 7.78. The SMILES string of the molecule is COC=C(C(=O)OC)c1ccccc1-c1cc(-c2ccccc2F)on1. The third-order valence-electron chi connectivity index (χ3n) is 3.78. The fourth-order valence-electron chi connectivity index (χ4n) is 2.58. The van der Waals surface area contributed by atoms with Crippen molar-refractivity contribution in [1.29, 1.82) is 0 Å². The predicted molar refractivity (Wildman–Crippen MR) is 94.3 cm³/mol. The average Bonchev–Trinajstić information content (AvgIpc) is 3.15. The van der Waals surface area contributed by atoms with E-state index in [-0.39, 0.29) is 5.57 Å². The molecule has 0 radical (unpaired) electrons. The maximum absolute atomic E-state index is 14.0. The van der Waals surface area contributed by atoms with Crippen LogP contribution in [0.1, 0.15) is 5.56 Å². The van der Waals surface area contributed by atoms with Crippen molar-refractivity contribution in [2.24, 2.45) is 0 Å². The number of nitrogens with zero attached hydrogens (tertiary/aromatic N) is 1. The van der Waals surface area contributed by atoms with Gasteiger partial charge in [0.1, 0.15) is 17.1 Å². The Kier molecular flexibility index (Phi) is 5.12. The number of benzene rings is 2. The lowest BCUT2D eigenvalue weighted by Gasteiger charge is -2.09. The normalized spacial score (nSPS) is 11.3. The number of methoxy groups -OCH3 is 2. The molecule has 132 valence electrons. The predicted octanol–water partition coefficient (Wildman–Crippen LogP) is 4.31. The fourth-order valence-corrected chi connectivity index (χ4v) is 2.58. The third kappa shape index (κ3) is 3.35. The monoisotopic (exact) mass is 353 g/mol. The van der Waals surface area contributed by atoms with Crippen molar-refractivity contribution in [2.75, 3.05) is 14.2 Å². The Morgan fingerprint density at radius 2 is 1.77 bits per heavy atom. The zero-order valence-corrected chi connectivity index (χ0v) is 14.2. The van der Waals surface area contributed by atoms with Gasteiger partial charge in [-0.05, 0) is 12.1 Å². The summed E-state index contributed by atoms with van der Waals surface area (Å²) >= 11 is 0. The lowest BCUT2D eigenvalue weighted by molar-refractivity contribution is -0.133. The van der Waals surface area contributed by atoms with E-state index in [1.807, 2.05) is 0 Å². The van der Waals surface area contributed by atoms with Gasteiger partial charge in [0.05, 0.1) is 26.0 Å². The number of hydrogen-bond donors (Lipinski definition) is 0. The lowest BCUT2D eigenvalue weighted by Crippen LogP contribution is -2.05. The second-order valence-corrected chi connectivity index (χ2v) is 5.36. The van der Waals surface area contributed by atoms with Gasteiger partial charge in [0, 0.05) is 17.2 Å². The van der Waals surface area contributed by atoms with Gasteiger partial charge in [0.15, 0.2) is 5.76 Å². The van der Waals surface area contributed by atoms with Gasteiger partial charge in [0.25, 0.3) is 0 Å². The second kappa shape index (κ2) is 7.65. The van der Waals surface area contributed by atoms with Gasteiger partial charge in [-0.25, -0.2) is 9.18 Å². The van der Waals surface area contributed by atoms with E-state index in [0.717, 1.165) is 0 Å². The van der Waals surface area contributed by atoms with Crippen molar-refractivity contribution in [2.45, 2.75) is 0 Å². The molecule has 5 nitrogen and oxygen atoms in total. The smallest absolute Gasteiger partial charge is 0.341 e. The number of halogens is 1. The zero-order valence-electron chi connectivity index (χ0n) is 14.2. The van der Waals surface area contributed by atoms with Crippen LogP contribution < -0.4 is 0 Å². The number of aromatic nitrogens is 1. The van der Waals surface area contributed by atoms with Crippen LogP contribution in [0.5, 0.6) is 0 Å². The second-order valence-electron chi connectivity index (χ2n) is 5.36. The summed E-state index contributed by atoms with van der Waals surface area (Å²) in [6.07, 6.45) is 1.31. The minimum Gasteiger partial charge on any atom is -0.503 e. The Balaban J connectivity index is 2.08. The average molecular weight is 353 g/mol. The summed E-state index contributed by atoms with van der Waals surface area (Å²) in [5, 5.41) is 4.03. The van der Waals surface area contributed by atoms with E-state index in [0.29, 0.717) is 28.1 Å². The number of carbonyl (C=O) groups is 1. The molecule has 0 saturated carbocycles. The quantitative estimate of drug-likeness (QED) is 0.389. The van der Waals surface area contributed by atoms with Gasteiger partial charge in [-0.2, -0.15) is 0 Å². The molecule has 0 fully saturated rings. The van der Waals surface area contributed by atoms with Crippen LogP contribution >= 0.6 is 0 Å². The number of hydrogen-bond acceptors (Lipinski definition) is 5. The summed E-state index contributed by atoms with van der Waals surface area (Å²) in [7, 11) is 2.73. The molecule has 0 amide bonds. The van der Waals surface area contributed by atoms with Crippen LogP contribution in [-0.4, -0.2) is 25.3 Å². The Hall–Kier alpha value is -3.41. The van der Waals surface area contributed by atoms with Gasteiger partial charge in [-0.3, -0.25) is 0 Å².